The Hall–Kier alpha value is -2.07. The highest BCUT2D eigenvalue weighted by Gasteiger charge is 2.01. The summed E-state index contributed by atoms with van der Waals surface area (Å²) in [6.45, 7) is 5.57. The lowest BCUT2D eigenvalue weighted by atomic mass is 10.1. The molecule has 0 saturated carbocycles. The maximum absolute atomic E-state index is 5.74. The van der Waals surface area contributed by atoms with Crippen LogP contribution in [-0.4, -0.2) is 24.7 Å². The van der Waals surface area contributed by atoms with E-state index in [2.05, 4.69) is 16.9 Å². The maximum Gasteiger partial charge on any atom is 0.0743 e. The van der Waals surface area contributed by atoms with E-state index in [9.17, 15) is 0 Å². The molecule has 0 amide bonds. The Morgan fingerprint density at radius 2 is 2.28 bits per heavy atom. The number of benzene rings is 1. The molecule has 18 heavy (non-hydrogen) atoms. The molecule has 0 unspecified atom stereocenters. The van der Waals surface area contributed by atoms with Gasteiger partial charge in [0, 0.05) is 29.5 Å². The van der Waals surface area contributed by atoms with Gasteiger partial charge in [-0.25, -0.2) is 0 Å². The number of anilines is 2. The molecule has 0 saturated heterocycles. The Morgan fingerprint density at radius 1 is 1.39 bits per heavy atom. The van der Waals surface area contributed by atoms with Crippen molar-refractivity contribution in [1.82, 2.24) is 4.98 Å². The summed E-state index contributed by atoms with van der Waals surface area (Å²) in [4.78, 5) is 4.30. The van der Waals surface area contributed by atoms with Crippen molar-refractivity contribution in [2.45, 2.75) is 0 Å². The van der Waals surface area contributed by atoms with Crippen LogP contribution in [0.25, 0.3) is 10.9 Å². The molecule has 0 aliphatic rings. The molecular weight excluding hydrogens is 226 g/mol. The van der Waals surface area contributed by atoms with Crippen LogP contribution in [0.1, 0.15) is 0 Å². The number of nitrogen functional groups attached to an aromatic ring is 1. The first-order chi connectivity index (χ1) is 8.81. The van der Waals surface area contributed by atoms with Gasteiger partial charge in [0.2, 0.25) is 0 Å². The van der Waals surface area contributed by atoms with Gasteiger partial charge in [0.25, 0.3) is 0 Å². The number of fused-ring (bicyclic) bond motifs is 1. The molecule has 0 bridgehead atoms. The zero-order valence-electron chi connectivity index (χ0n) is 10.2. The van der Waals surface area contributed by atoms with Gasteiger partial charge in [-0.1, -0.05) is 6.08 Å². The van der Waals surface area contributed by atoms with Crippen molar-refractivity contribution in [3.63, 3.8) is 0 Å². The minimum absolute atomic E-state index is 0.579. The fourth-order valence-corrected chi connectivity index (χ4v) is 1.74. The molecule has 0 spiro atoms. The van der Waals surface area contributed by atoms with Gasteiger partial charge in [0.05, 0.1) is 18.7 Å². The Kier molecular flexibility index (Phi) is 4.15. The highest BCUT2D eigenvalue weighted by molar-refractivity contribution is 5.92. The zero-order valence-corrected chi connectivity index (χ0v) is 10.2. The molecule has 4 heteroatoms. The third-order valence-corrected chi connectivity index (χ3v) is 2.56. The van der Waals surface area contributed by atoms with Gasteiger partial charge >= 0.3 is 0 Å². The lowest BCUT2D eigenvalue weighted by Crippen LogP contribution is -2.09. The van der Waals surface area contributed by atoms with Crippen molar-refractivity contribution < 1.29 is 4.74 Å². The average molecular weight is 243 g/mol. The van der Waals surface area contributed by atoms with E-state index in [4.69, 9.17) is 10.5 Å². The van der Waals surface area contributed by atoms with Gasteiger partial charge in [-0.05, 0) is 24.3 Å². The van der Waals surface area contributed by atoms with Crippen LogP contribution in [0.2, 0.25) is 0 Å². The largest absolute Gasteiger partial charge is 0.399 e. The van der Waals surface area contributed by atoms with Crippen LogP contribution in [0.3, 0.4) is 0 Å². The highest BCUT2D eigenvalue weighted by atomic mass is 16.5. The van der Waals surface area contributed by atoms with E-state index in [1.54, 1.807) is 12.3 Å². The number of nitrogens with two attached hydrogens (primary N) is 1. The monoisotopic (exact) mass is 243 g/mol. The second-order valence-electron chi connectivity index (χ2n) is 3.93. The van der Waals surface area contributed by atoms with Crippen LogP contribution in [-0.2, 0) is 4.74 Å². The lowest BCUT2D eigenvalue weighted by Gasteiger charge is -2.09. The van der Waals surface area contributed by atoms with Crippen LogP contribution >= 0.6 is 0 Å². The fourth-order valence-electron chi connectivity index (χ4n) is 1.74. The summed E-state index contributed by atoms with van der Waals surface area (Å²) in [5.41, 5.74) is 8.40. The van der Waals surface area contributed by atoms with Crippen LogP contribution < -0.4 is 11.1 Å². The lowest BCUT2D eigenvalue weighted by molar-refractivity contribution is 0.173. The molecule has 1 aromatic carbocycles. The van der Waals surface area contributed by atoms with E-state index < -0.39 is 0 Å². The average Bonchev–Trinajstić information content (AvgIpc) is 2.38. The maximum atomic E-state index is 5.74. The van der Waals surface area contributed by atoms with Crippen LogP contribution in [0.4, 0.5) is 11.4 Å². The van der Waals surface area contributed by atoms with Gasteiger partial charge in [-0.2, -0.15) is 0 Å². The minimum atomic E-state index is 0.579. The normalized spacial score (nSPS) is 10.4. The van der Waals surface area contributed by atoms with E-state index in [0.717, 1.165) is 28.8 Å². The molecule has 0 aliphatic carbocycles. The molecule has 1 aromatic heterocycles. The third kappa shape index (κ3) is 2.99. The predicted octanol–water partition coefficient (Wildman–Crippen LogP) is 2.43. The summed E-state index contributed by atoms with van der Waals surface area (Å²) in [6, 6.07) is 7.68. The van der Waals surface area contributed by atoms with Crippen molar-refractivity contribution in [2.75, 3.05) is 30.8 Å². The van der Waals surface area contributed by atoms with Crippen molar-refractivity contribution >= 4 is 22.3 Å². The summed E-state index contributed by atoms with van der Waals surface area (Å²) in [5, 5.41) is 4.39. The fraction of sp³-hybridized carbons (Fsp3) is 0.214. The second-order valence-corrected chi connectivity index (χ2v) is 3.93. The number of nitrogens with zero attached hydrogens (tertiary/aromatic N) is 1. The number of pyridine rings is 1. The summed E-state index contributed by atoms with van der Waals surface area (Å²) >= 11 is 0. The number of ether oxygens (including phenoxy) is 1. The molecule has 4 nitrogen and oxygen atoms in total. The Morgan fingerprint density at radius 3 is 3.11 bits per heavy atom. The molecule has 0 fully saturated rings. The van der Waals surface area contributed by atoms with Gasteiger partial charge in [0.1, 0.15) is 0 Å². The third-order valence-electron chi connectivity index (χ3n) is 2.56. The number of hydrogen-bond acceptors (Lipinski definition) is 4. The number of nitrogens with one attached hydrogen (secondary N) is 1. The molecule has 2 rings (SSSR count). The molecule has 0 atom stereocenters. The van der Waals surface area contributed by atoms with E-state index >= 15 is 0 Å². The van der Waals surface area contributed by atoms with E-state index in [1.807, 2.05) is 24.3 Å². The standard InChI is InChI=1S/C14H17N3O/c1-2-8-18-9-7-17-13-5-6-16-14-10-11(15)3-4-12(13)14/h2-6,10H,1,7-9,15H2,(H,16,17). The van der Waals surface area contributed by atoms with Gasteiger partial charge < -0.3 is 15.8 Å². The van der Waals surface area contributed by atoms with Crippen LogP contribution in [0.15, 0.2) is 43.1 Å². The van der Waals surface area contributed by atoms with Gasteiger partial charge in [0.15, 0.2) is 0 Å². The first-order valence-corrected chi connectivity index (χ1v) is 5.88. The zero-order chi connectivity index (χ0) is 12.8. The SMILES string of the molecule is C=CCOCCNc1ccnc2cc(N)ccc12. The number of rotatable bonds is 6. The van der Waals surface area contributed by atoms with Crippen LogP contribution in [0, 0.1) is 0 Å². The van der Waals surface area contributed by atoms with Crippen molar-refractivity contribution in [1.29, 1.82) is 0 Å². The highest BCUT2D eigenvalue weighted by Crippen LogP contribution is 2.22. The minimum Gasteiger partial charge on any atom is -0.399 e. The molecule has 0 aliphatic heterocycles. The van der Waals surface area contributed by atoms with Gasteiger partial charge in [-0.3, -0.25) is 4.98 Å². The summed E-state index contributed by atoms with van der Waals surface area (Å²) < 4.78 is 5.32. The van der Waals surface area contributed by atoms with E-state index in [0.29, 0.717) is 13.2 Å². The smallest absolute Gasteiger partial charge is 0.0743 e. The number of aromatic nitrogens is 1. The first kappa shape index (κ1) is 12.4. The summed E-state index contributed by atoms with van der Waals surface area (Å²) in [7, 11) is 0. The Bertz CT molecular complexity index is 540. The summed E-state index contributed by atoms with van der Waals surface area (Å²) in [6.07, 6.45) is 3.51. The molecule has 2 aromatic rings. The van der Waals surface area contributed by atoms with Crippen LogP contribution in [0.5, 0.6) is 0 Å². The van der Waals surface area contributed by atoms with Crippen molar-refractivity contribution in [3.05, 3.63) is 43.1 Å². The molecular formula is C14H17N3O. The molecule has 3 N–H and O–H groups in total. The van der Waals surface area contributed by atoms with Crippen molar-refractivity contribution in [3.8, 4) is 0 Å². The number of hydrogen-bond donors (Lipinski definition) is 2. The quantitative estimate of drug-likeness (QED) is 0.465. The predicted molar refractivity (Wildman–Crippen MR) is 75.7 cm³/mol. The van der Waals surface area contributed by atoms with Gasteiger partial charge in [-0.15, -0.1) is 6.58 Å². The Balaban J connectivity index is 2.06. The van der Waals surface area contributed by atoms with E-state index in [-0.39, 0.29) is 0 Å². The molecule has 0 radical (unpaired) electrons. The topological polar surface area (TPSA) is 60.2 Å². The molecule has 94 valence electrons. The summed E-state index contributed by atoms with van der Waals surface area (Å²) in [5.74, 6) is 0. The second kappa shape index (κ2) is 6.02. The van der Waals surface area contributed by atoms with E-state index in [1.165, 1.54) is 0 Å². The molecule has 1 heterocycles. The Labute approximate surface area is 106 Å². The first-order valence-electron chi connectivity index (χ1n) is 5.88. The van der Waals surface area contributed by atoms with Crippen molar-refractivity contribution in [2.24, 2.45) is 0 Å².